The molecular formula is C20H25ClN2O3. The number of carbonyl (C=O) groups excluding carboxylic acids is 1. The van der Waals surface area contributed by atoms with E-state index in [9.17, 15) is 4.79 Å². The lowest BCUT2D eigenvalue weighted by Gasteiger charge is -2.13. The smallest absolute Gasteiger partial charge is 0.262 e. The summed E-state index contributed by atoms with van der Waals surface area (Å²) in [4.78, 5) is 12.1. The number of hydrogen-bond donors (Lipinski definition) is 3. The molecule has 0 atom stereocenters. The number of halogens is 1. The molecule has 5 nitrogen and oxygen atoms in total. The Bertz CT molecular complexity index is 705. The number of hydrogen-bond acceptors (Lipinski definition) is 4. The predicted molar refractivity (Wildman–Crippen MR) is 105 cm³/mol. The van der Waals surface area contributed by atoms with Gasteiger partial charge in [-0.15, -0.1) is 0 Å². The van der Waals surface area contributed by atoms with Gasteiger partial charge in [0.05, 0.1) is 0 Å². The standard InChI is InChI=1S/C20H25ClN2O3/c1-15-4-7-18(8-5-15)23-20(25)14-26-19-9-6-17(21)12-16(19)13-22-10-2-3-11-24/h4-9,12,22,24H,2-3,10-11,13-14H2,1H3,(H,23,25). The molecule has 0 fully saturated rings. The summed E-state index contributed by atoms with van der Waals surface area (Å²) in [5.74, 6) is 0.411. The van der Waals surface area contributed by atoms with Crippen molar-refractivity contribution < 1.29 is 14.6 Å². The molecule has 0 saturated carbocycles. The molecule has 0 aromatic heterocycles. The van der Waals surface area contributed by atoms with Crippen molar-refractivity contribution in [2.24, 2.45) is 0 Å². The van der Waals surface area contributed by atoms with Gasteiger partial charge in [0, 0.05) is 29.4 Å². The first-order valence-electron chi connectivity index (χ1n) is 8.68. The Hall–Kier alpha value is -2.08. The summed E-state index contributed by atoms with van der Waals surface area (Å²) >= 11 is 6.07. The zero-order chi connectivity index (χ0) is 18.8. The van der Waals surface area contributed by atoms with Crippen LogP contribution in [0.15, 0.2) is 42.5 Å². The van der Waals surface area contributed by atoms with Gasteiger partial charge in [0.1, 0.15) is 5.75 Å². The second-order valence-corrected chi connectivity index (χ2v) is 6.50. The topological polar surface area (TPSA) is 70.6 Å². The molecule has 6 heteroatoms. The van der Waals surface area contributed by atoms with Crippen molar-refractivity contribution in [1.29, 1.82) is 0 Å². The number of aliphatic hydroxyl groups excluding tert-OH is 1. The Morgan fingerprint density at radius 2 is 1.92 bits per heavy atom. The number of amides is 1. The van der Waals surface area contributed by atoms with Gasteiger partial charge in [0.2, 0.25) is 0 Å². The summed E-state index contributed by atoms with van der Waals surface area (Å²) in [5.41, 5.74) is 2.77. The molecule has 0 bridgehead atoms. The van der Waals surface area contributed by atoms with Crippen LogP contribution in [0.3, 0.4) is 0 Å². The molecule has 0 aliphatic rings. The summed E-state index contributed by atoms with van der Waals surface area (Å²) in [6, 6.07) is 12.9. The van der Waals surface area contributed by atoms with E-state index in [1.54, 1.807) is 12.1 Å². The molecule has 140 valence electrons. The fraction of sp³-hybridized carbons (Fsp3) is 0.350. The molecule has 1 amide bonds. The summed E-state index contributed by atoms with van der Waals surface area (Å²) in [5, 5.41) is 15.5. The van der Waals surface area contributed by atoms with Crippen LogP contribution < -0.4 is 15.4 Å². The highest BCUT2D eigenvalue weighted by molar-refractivity contribution is 6.30. The SMILES string of the molecule is Cc1ccc(NC(=O)COc2ccc(Cl)cc2CNCCCCO)cc1. The Balaban J connectivity index is 1.87. The van der Waals surface area contributed by atoms with E-state index in [0.717, 1.165) is 36.2 Å². The van der Waals surface area contributed by atoms with Crippen LogP contribution in [-0.2, 0) is 11.3 Å². The number of unbranched alkanes of at least 4 members (excludes halogenated alkanes) is 1. The predicted octanol–water partition coefficient (Wildman–Crippen LogP) is 3.53. The number of rotatable bonds is 10. The highest BCUT2D eigenvalue weighted by Gasteiger charge is 2.08. The Kier molecular flexibility index (Phi) is 8.41. The van der Waals surface area contributed by atoms with Crippen molar-refractivity contribution in [2.45, 2.75) is 26.3 Å². The first kappa shape index (κ1) is 20.2. The minimum absolute atomic E-state index is 0.0764. The van der Waals surface area contributed by atoms with Gasteiger partial charge in [0.25, 0.3) is 5.91 Å². The molecule has 26 heavy (non-hydrogen) atoms. The maximum atomic E-state index is 12.1. The fourth-order valence-electron chi connectivity index (χ4n) is 2.39. The molecule has 3 N–H and O–H groups in total. The minimum Gasteiger partial charge on any atom is -0.483 e. The molecule has 0 radical (unpaired) electrons. The van der Waals surface area contributed by atoms with E-state index in [4.69, 9.17) is 21.4 Å². The first-order chi connectivity index (χ1) is 12.6. The van der Waals surface area contributed by atoms with Crippen molar-refractivity contribution >= 4 is 23.2 Å². The normalized spacial score (nSPS) is 10.6. The average Bonchev–Trinajstić information content (AvgIpc) is 2.63. The Morgan fingerprint density at radius 1 is 1.15 bits per heavy atom. The largest absolute Gasteiger partial charge is 0.483 e. The van der Waals surface area contributed by atoms with Crippen LogP contribution in [-0.4, -0.2) is 30.8 Å². The molecule has 2 aromatic rings. The van der Waals surface area contributed by atoms with Crippen molar-refractivity contribution in [3.63, 3.8) is 0 Å². The summed E-state index contributed by atoms with van der Waals surface area (Å²) < 4.78 is 5.68. The summed E-state index contributed by atoms with van der Waals surface area (Å²) in [7, 11) is 0. The molecule has 0 aliphatic heterocycles. The summed E-state index contributed by atoms with van der Waals surface area (Å²) in [6.07, 6.45) is 1.66. The molecule has 0 heterocycles. The number of anilines is 1. The van der Waals surface area contributed by atoms with Crippen LogP contribution in [0.25, 0.3) is 0 Å². The zero-order valence-corrected chi connectivity index (χ0v) is 15.7. The van der Waals surface area contributed by atoms with E-state index >= 15 is 0 Å². The van der Waals surface area contributed by atoms with Gasteiger partial charge < -0.3 is 20.5 Å². The third kappa shape index (κ3) is 7.04. The van der Waals surface area contributed by atoms with Crippen molar-refractivity contribution in [3.05, 3.63) is 58.6 Å². The number of aryl methyl sites for hydroxylation is 1. The van der Waals surface area contributed by atoms with Crippen LogP contribution in [0.1, 0.15) is 24.0 Å². The number of ether oxygens (including phenoxy) is 1. The molecule has 0 aliphatic carbocycles. The van der Waals surface area contributed by atoms with E-state index < -0.39 is 0 Å². The maximum absolute atomic E-state index is 12.1. The van der Waals surface area contributed by atoms with E-state index in [-0.39, 0.29) is 19.1 Å². The number of carbonyl (C=O) groups is 1. The van der Waals surface area contributed by atoms with Crippen LogP contribution in [0.5, 0.6) is 5.75 Å². The van der Waals surface area contributed by atoms with Crippen LogP contribution >= 0.6 is 11.6 Å². The number of nitrogens with one attached hydrogen (secondary N) is 2. The van der Waals surface area contributed by atoms with Crippen molar-refractivity contribution in [1.82, 2.24) is 5.32 Å². The second-order valence-electron chi connectivity index (χ2n) is 6.06. The highest BCUT2D eigenvalue weighted by atomic mass is 35.5. The van der Waals surface area contributed by atoms with Crippen LogP contribution in [0.4, 0.5) is 5.69 Å². The third-order valence-corrected chi connectivity index (χ3v) is 4.03. The van der Waals surface area contributed by atoms with Gasteiger partial charge in [-0.1, -0.05) is 29.3 Å². The molecule has 0 unspecified atom stereocenters. The van der Waals surface area contributed by atoms with Gasteiger partial charge in [-0.05, 0) is 56.6 Å². The van der Waals surface area contributed by atoms with Gasteiger partial charge in [-0.3, -0.25) is 4.79 Å². The van der Waals surface area contributed by atoms with Crippen LogP contribution in [0.2, 0.25) is 5.02 Å². The molecular weight excluding hydrogens is 352 g/mol. The van der Waals surface area contributed by atoms with Gasteiger partial charge in [-0.2, -0.15) is 0 Å². The van der Waals surface area contributed by atoms with E-state index in [1.165, 1.54) is 0 Å². The average molecular weight is 377 g/mol. The van der Waals surface area contributed by atoms with E-state index in [0.29, 0.717) is 17.3 Å². The Labute approximate surface area is 159 Å². The van der Waals surface area contributed by atoms with Crippen molar-refractivity contribution in [2.75, 3.05) is 25.1 Å². The van der Waals surface area contributed by atoms with E-state index in [2.05, 4.69) is 10.6 Å². The second kappa shape index (κ2) is 10.8. The highest BCUT2D eigenvalue weighted by Crippen LogP contribution is 2.23. The summed E-state index contributed by atoms with van der Waals surface area (Å²) in [6.45, 7) is 3.49. The minimum atomic E-state index is -0.217. The molecule has 0 spiro atoms. The van der Waals surface area contributed by atoms with Gasteiger partial charge >= 0.3 is 0 Å². The molecule has 0 saturated heterocycles. The quantitative estimate of drug-likeness (QED) is 0.555. The van der Waals surface area contributed by atoms with Gasteiger partial charge in [0.15, 0.2) is 6.61 Å². The van der Waals surface area contributed by atoms with Crippen LogP contribution in [0, 0.1) is 6.92 Å². The number of benzene rings is 2. The van der Waals surface area contributed by atoms with E-state index in [1.807, 2.05) is 37.3 Å². The Morgan fingerprint density at radius 3 is 2.65 bits per heavy atom. The zero-order valence-electron chi connectivity index (χ0n) is 14.9. The monoisotopic (exact) mass is 376 g/mol. The first-order valence-corrected chi connectivity index (χ1v) is 9.05. The third-order valence-electron chi connectivity index (χ3n) is 3.79. The lowest BCUT2D eigenvalue weighted by molar-refractivity contribution is -0.118. The number of aliphatic hydroxyl groups is 1. The maximum Gasteiger partial charge on any atom is 0.262 e. The fourth-order valence-corrected chi connectivity index (χ4v) is 2.58. The van der Waals surface area contributed by atoms with Crippen molar-refractivity contribution in [3.8, 4) is 5.75 Å². The molecule has 2 aromatic carbocycles. The lowest BCUT2D eigenvalue weighted by atomic mass is 10.2. The molecule has 2 rings (SSSR count). The lowest BCUT2D eigenvalue weighted by Crippen LogP contribution is -2.21. The van der Waals surface area contributed by atoms with Gasteiger partial charge in [-0.25, -0.2) is 0 Å².